The van der Waals surface area contributed by atoms with Gasteiger partial charge in [0.25, 0.3) is 5.91 Å². The van der Waals surface area contributed by atoms with E-state index >= 15 is 0 Å². The van der Waals surface area contributed by atoms with E-state index in [4.69, 9.17) is 21.1 Å². The first-order valence-electron chi connectivity index (χ1n) is 11.2. The van der Waals surface area contributed by atoms with Crippen LogP contribution in [0, 0.1) is 3.57 Å². The van der Waals surface area contributed by atoms with Crippen LogP contribution in [0.2, 0.25) is 5.02 Å². The lowest BCUT2D eigenvalue weighted by molar-refractivity contribution is -0.124. The number of carbonyl (C=O) groups is 2. The number of benzene rings is 2. The number of nitrogens with one attached hydrogen (secondary N) is 1. The molecule has 1 aliphatic heterocycles. The van der Waals surface area contributed by atoms with Gasteiger partial charge in [-0.25, -0.2) is 4.79 Å². The molecule has 1 aliphatic carbocycles. The topological polar surface area (TPSA) is 67.9 Å². The summed E-state index contributed by atoms with van der Waals surface area (Å²) in [6.07, 6.45) is 6.70. The highest BCUT2D eigenvalue weighted by Gasteiger charge is 2.39. The summed E-state index contributed by atoms with van der Waals surface area (Å²) in [5.74, 6) is 0.924. The number of carbonyl (C=O) groups excluding carboxylic acids is 2. The summed E-state index contributed by atoms with van der Waals surface area (Å²) in [4.78, 5) is 26.9. The van der Waals surface area contributed by atoms with E-state index in [9.17, 15) is 9.59 Å². The molecule has 3 amide bonds. The molecule has 174 valence electrons. The van der Waals surface area contributed by atoms with Crippen molar-refractivity contribution in [2.75, 3.05) is 6.61 Å². The minimum Gasteiger partial charge on any atom is -0.490 e. The second-order valence-electron chi connectivity index (χ2n) is 8.10. The van der Waals surface area contributed by atoms with Crippen molar-refractivity contribution in [2.45, 2.75) is 51.7 Å². The van der Waals surface area contributed by atoms with Gasteiger partial charge in [0.2, 0.25) is 0 Å². The Labute approximate surface area is 212 Å². The Balaban J connectivity index is 1.57. The normalized spacial score (nSPS) is 18.0. The number of rotatable bonds is 7. The minimum atomic E-state index is -0.336. The fourth-order valence-electron chi connectivity index (χ4n) is 4.23. The molecule has 8 heteroatoms. The van der Waals surface area contributed by atoms with Gasteiger partial charge in [0.15, 0.2) is 11.5 Å². The van der Waals surface area contributed by atoms with E-state index in [1.54, 1.807) is 6.08 Å². The molecular formula is C25H26ClIN2O4. The number of imide groups is 1. The third kappa shape index (κ3) is 5.46. The third-order valence-electron chi connectivity index (χ3n) is 5.82. The number of amides is 3. The van der Waals surface area contributed by atoms with Crippen molar-refractivity contribution in [2.24, 2.45) is 0 Å². The van der Waals surface area contributed by atoms with Crippen LogP contribution in [0.15, 0.2) is 42.1 Å². The predicted molar refractivity (Wildman–Crippen MR) is 136 cm³/mol. The maximum Gasteiger partial charge on any atom is 0.329 e. The molecular weight excluding hydrogens is 555 g/mol. The van der Waals surface area contributed by atoms with Crippen LogP contribution < -0.4 is 14.8 Å². The minimum absolute atomic E-state index is 0.0168. The van der Waals surface area contributed by atoms with Gasteiger partial charge in [0.05, 0.1) is 10.2 Å². The smallest absolute Gasteiger partial charge is 0.329 e. The summed E-state index contributed by atoms with van der Waals surface area (Å²) in [5.41, 5.74) is 1.92. The lowest BCUT2D eigenvalue weighted by Crippen LogP contribution is -2.41. The van der Waals surface area contributed by atoms with E-state index in [0.717, 1.165) is 46.8 Å². The van der Waals surface area contributed by atoms with Gasteiger partial charge in [-0.3, -0.25) is 9.69 Å². The highest BCUT2D eigenvalue weighted by Crippen LogP contribution is 2.36. The quantitative estimate of drug-likeness (QED) is 0.242. The van der Waals surface area contributed by atoms with Crippen LogP contribution in [0.25, 0.3) is 6.08 Å². The Kier molecular flexibility index (Phi) is 7.80. The monoisotopic (exact) mass is 580 g/mol. The Morgan fingerprint density at radius 3 is 2.64 bits per heavy atom. The fraction of sp³-hybridized carbons (Fsp3) is 0.360. The van der Waals surface area contributed by atoms with Gasteiger partial charge >= 0.3 is 6.03 Å². The van der Waals surface area contributed by atoms with Gasteiger partial charge in [-0.2, -0.15) is 0 Å². The molecule has 0 aromatic heterocycles. The van der Waals surface area contributed by atoms with Gasteiger partial charge in [0, 0.05) is 16.6 Å². The molecule has 1 heterocycles. The highest BCUT2D eigenvalue weighted by molar-refractivity contribution is 14.1. The van der Waals surface area contributed by atoms with Gasteiger partial charge in [-0.15, -0.1) is 0 Å². The molecule has 2 aromatic rings. The van der Waals surface area contributed by atoms with E-state index in [2.05, 4.69) is 27.9 Å². The van der Waals surface area contributed by atoms with Crippen LogP contribution in [0.4, 0.5) is 4.79 Å². The molecule has 1 saturated carbocycles. The molecule has 1 N–H and O–H groups in total. The Morgan fingerprint density at radius 2 is 1.91 bits per heavy atom. The largest absolute Gasteiger partial charge is 0.490 e. The molecule has 0 radical (unpaired) electrons. The molecule has 6 nitrogen and oxygen atoms in total. The SMILES string of the molecule is CCOc1cc(/C=C2\NC(=O)N(C3CCCCC3)C2=O)cc(I)c1OCc1ccccc1Cl. The van der Waals surface area contributed by atoms with Crippen LogP contribution >= 0.6 is 34.2 Å². The number of ether oxygens (including phenoxy) is 2. The first-order chi connectivity index (χ1) is 16.0. The molecule has 33 heavy (non-hydrogen) atoms. The summed E-state index contributed by atoms with van der Waals surface area (Å²) in [6, 6.07) is 10.9. The van der Waals surface area contributed by atoms with E-state index in [-0.39, 0.29) is 23.7 Å². The van der Waals surface area contributed by atoms with Crippen molar-refractivity contribution in [3.05, 3.63) is 61.8 Å². The molecule has 0 spiro atoms. The van der Waals surface area contributed by atoms with Crippen molar-refractivity contribution in [3.8, 4) is 11.5 Å². The zero-order valence-electron chi connectivity index (χ0n) is 18.4. The van der Waals surface area contributed by atoms with E-state index in [1.165, 1.54) is 4.90 Å². The lowest BCUT2D eigenvalue weighted by Gasteiger charge is -2.28. The lowest BCUT2D eigenvalue weighted by atomic mass is 9.94. The summed E-state index contributed by atoms with van der Waals surface area (Å²) < 4.78 is 12.7. The van der Waals surface area contributed by atoms with Gasteiger partial charge in [-0.1, -0.05) is 49.1 Å². The van der Waals surface area contributed by atoms with E-state index < -0.39 is 0 Å². The Morgan fingerprint density at radius 1 is 1.15 bits per heavy atom. The molecule has 1 saturated heterocycles. The summed E-state index contributed by atoms with van der Waals surface area (Å²) in [5, 5.41) is 3.39. The average molecular weight is 581 g/mol. The summed E-state index contributed by atoms with van der Waals surface area (Å²) >= 11 is 8.44. The van der Waals surface area contributed by atoms with Crippen molar-refractivity contribution in [3.63, 3.8) is 0 Å². The first-order valence-corrected chi connectivity index (χ1v) is 12.6. The van der Waals surface area contributed by atoms with Crippen molar-refractivity contribution < 1.29 is 19.1 Å². The summed E-state index contributed by atoms with van der Waals surface area (Å²) in [6.45, 7) is 2.67. The standard InChI is InChI=1S/C25H26ClIN2O4/c1-2-32-22-14-16(12-20(27)23(22)33-15-17-8-6-7-11-19(17)26)13-21-24(30)29(25(31)28-21)18-9-4-3-5-10-18/h6-8,11-14,18H,2-5,9-10,15H2,1H3,(H,28,31)/b21-13-. The van der Waals surface area contributed by atoms with Crippen LogP contribution in [-0.4, -0.2) is 29.5 Å². The van der Waals surface area contributed by atoms with Crippen LogP contribution in [-0.2, 0) is 11.4 Å². The van der Waals surface area contributed by atoms with Crippen LogP contribution in [0.1, 0.15) is 50.2 Å². The number of urea groups is 1. The molecule has 0 unspecified atom stereocenters. The van der Waals surface area contributed by atoms with Gasteiger partial charge in [0.1, 0.15) is 12.3 Å². The average Bonchev–Trinajstić information content (AvgIpc) is 3.07. The fourth-order valence-corrected chi connectivity index (χ4v) is 5.20. The molecule has 2 aliphatic rings. The highest BCUT2D eigenvalue weighted by atomic mass is 127. The summed E-state index contributed by atoms with van der Waals surface area (Å²) in [7, 11) is 0. The van der Waals surface area contributed by atoms with Crippen molar-refractivity contribution >= 4 is 52.2 Å². The number of hydrogen-bond donors (Lipinski definition) is 1. The maximum atomic E-state index is 13.0. The molecule has 0 bridgehead atoms. The maximum absolute atomic E-state index is 13.0. The van der Waals surface area contributed by atoms with E-state index in [1.807, 2.05) is 43.3 Å². The zero-order valence-corrected chi connectivity index (χ0v) is 21.3. The Hall–Kier alpha value is -2.26. The van der Waals surface area contributed by atoms with Crippen LogP contribution in [0.5, 0.6) is 11.5 Å². The zero-order chi connectivity index (χ0) is 23.4. The second kappa shape index (κ2) is 10.8. The van der Waals surface area contributed by atoms with Gasteiger partial charge < -0.3 is 14.8 Å². The molecule has 0 atom stereocenters. The van der Waals surface area contributed by atoms with Crippen molar-refractivity contribution in [1.82, 2.24) is 10.2 Å². The predicted octanol–water partition coefficient (Wildman–Crippen LogP) is 6.15. The second-order valence-corrected chi connectivity index (χ2v) is 9.67. The number of nitrogens with zero attached hydrogens (tertiary/aromatic N) is 1. The van der Waals surface area contributed by atoms with Crippen LogP contribution in [0.3, 0.4) is 0 Å². The first kappa shape index (κ1) is 23.9. The number of halogens is 2. The number of hydrogen-bond acceptors (Lipinski definition) is 4. The van der Waals surface area contributed by atoms with Crippen molar-refractivity contribution in [1.29, 1.82) is 0 Å². The van der Waals surface area contributed by atoms with Gasteiger partial charge in [-0.05, 0) is 72.2 Å². The molecule has 2 fully saturated rings. The molecule has 2 aromatic carbocycles. The Bertz CT molecular complexity index is 1080. The van der Waals surface area contributed by atoms with E-state index in [0.29, 0.717) is 29.7 Å². The molecule has 4 rings (SSSR count). The third-order valence-corrected chi connectivity index (χ3v) is 6.99.